The topological polar surface area (TPSA) is 44.5 Å². The van der Waals surface area contributed by atoms with E-state index in [9.17, 15) is 0 Å². The summed E-state index contributed by atoms with van der Waals surface area (Å²) in [4.78, 5) is 0.300. The van der Waals surface area contributed by atoms with E-state index in [0.717, 1.165) is 15.8 Å². The standard InChI is InChI=1S/C15H14BrNO2S/c1-18-9-10-3-2-4-12(7-10)19-14-6-5-11(16)8-13(14)15(17)20/h2-8H,9H2,1H3,(H2,17,20). The van der Waals surface area contributed by atoms with Crippen LogP contribution in [-0.4, -0.2) is 12.1 Å². The Bertz CT molecular complexity index is 631. The van der Waals surface area contributed by atoms with Crippen molar-refractivity contribution in [2.45, 2.75) is 6.61 Å². The zero-order valence-corrected chi connectivity index (χ0v) is 13.3. The smallest absolute Gasteiger partial charge is 0.137 e. The molecule has 0 fully saturated rings. The minimum absolute atomic E-state index is 0.300. The fraction of sp³-hybridized carbons (Fsp3) is 0.133. The molecule has 2 aromatic carbocycles. The van der Waals surface area contributed by atoms with Crippen LogP contribution in [0.3, 0.4) is 0 Å². The predicted molar refractivity (Wildman–Crippen MR) is 87.3 cm³/mol. The molecule has 0 spiro atoms. The van der Waals surface area contributed by atoms with Crippen LogP contribution >= 0.6 is 28.1 Å². The van der Waals surface area contributed by atoms with Crippen molar-refractivity contribution >= 4 is 33.1 Å². The van der Waals surface area contributed by atoms with Crippen molar-refractivity contribution in [3.8, 4) is 11.5 Å². The Labute approximate surface area is 131 Å². The summed E-state index contributed by atoms with van der Waals surface area (Å²) < 4.78 is 11.9. The van der Waals surface area contributed by atoms with Gasteiger partial charge >= 0.3 is 0 Å². The number of thiocarbonyl (C=S) groups is 1. The molecular weight excluding hydrogens is 338 g/mol. The van der Waals surface area contributed by atoms with Gasteiger partial charge in [-0.2, -0.15) is 0 Å². The molecule has 0 atom stereocenters. The molecule has 0 radical (unpaired) electrons. The number of rotatable bonds is 5. The van der Waals surface area contributed by atoms with Crippen molar-refractivity contribution in [1.29, 1.82) is 0 Å². The molecule has 0 amide bonds. The summed E-state index contributed by atoms with van der Waals surface area (Å²) in [6, 6.07) is 13.3. The van der Waals surface area contributed by atoms with Crippen molar-refractivity contribution in [1.82, 2.24) is 0 Å². The van der Waals surface area contributed by atoms with Crippen LogP contribution in [-0.2, 0) is 11.3 Å². The highest BCUT2D eigenvalue weighted by Crippen LogP contribution is 2.28. The number of ether oxygens (including phenoxy) is 2. The fourth-order valence-corrected chi connectivity index (χ4v) is 2.30. The largest absolute Gasteiger partial charge is 0.457 e. The maximum Gasteiger partial charge on any atom is 0.137 e. The predicted octanol–water partition coefficient (Wildman–Crippen LogP) is 4.02. The van der Waals surface area contributed by atoms with Gasteiger partial charge in [-0.25, -0.2) is 0 Å². The summed E-state index contributed by atoms with van der Waals surface area (Å²) in [6.07, 6.45) is 0. The highest BCUT2D eigenvalue weighted by Gasteiger charge is 2.08. The Morgan fingerprint density at radius 3 is 2.75 bits per heavy atom. The summed E-state index contributed by atoms with van der Waals surface area (Å²) in [5, 5.41) is 0. The Balaban J connectivity index is 2.30. The van der Waals surface area contributed by atoms with Crippen molar-refractivity contribution in [2.24, 2.45) is 5.73 Å². The minimum atomic E-state index is 0.300. The van der Waals surface area contributed by atoms with Crippen LogP contribution in [0.5, 0.6) is 11.5 Å². The van der Waals surface area contributed by atoms with Gasteiger partial charge in [0.1, 0.15) is 16.5 Å². The molecule has 3 nitrogen and oxygen atoms in total. The zero-order chi connectivity index (χ0) is 14.5. The van der Waals surface area contributed by atoms with Crippen LogP contribution in [0.4, 0.5) is 0 Å². The van der Waals surface area contributed by atoms with Crippen molar-refractivity contribution < 1.29 is 9.47 Å². The monoisotopic (exact) mass is 351 g/mol. The minimum Gasteiger partial charge on any atom is -0.457 e. The van der Waals surface area contributed by atoms with Crippen LogP contribution in [0.1, 0.15) is 11.1 Å². The molecule has 0 bridgehead atoms. The van der Waals surface area contributed by atoms with Crippen molar-refractivity contribution in [3.05, 3.63) is 58.1 Å². The van der Waals surface area contributed by atoms with E-state index in [-0.39, 0.29) is 0 Å². The van der Waals surface area contributed by atoms with Gasteiger partial charge in [-0.05, 0) is 35.9 Å². The first kappa shape index (κ1) is 15.0. The third kappa shape index (κ3) is 3.79. The average molecular weight is 352 g/mol. The van der Waals surface area contributed by atoms with Gasteiger partial charge in [0.25, 0.3) is 0 Å². The second-order valence-electron chi connectivity index (χ2n) is 4.19. The molecule has 0 unspecified atom stereocenters. The molecule has 0 aliphatic carbocycles. The number of benzene rings is 2. The highest BCUT2D eigenvalue weighted by atomic mass is 79.9. The summed E-state index contributed by atoms with van der Waals surface area (Å²) >= 11 is 8.44. The zero-order valence-electron chi connectivity index (χ0n) is 10.9. The molecule has 5 heteroatoms. The van der Waals surface area contributed by atoms with Crippen LogP contribution in [0, 0.1) is 0 Å². The van der Waals surface area contributed by atoms with Gasteiger partial charge in [0.2, 0.25) is 0 Å². The van der Waals surface area contributed by atoms with E-state index in [1.165, 1.54) is 0 Å². The van der Waals surface area contributed by atoms with E-state index in [1.54, 1.807) is 7.11 Å². The van der Waals surface area contributed by atoms with E-state index >= 15 is 0 Å². The second kappa shape index (κ2) is 6.83. The number of nitrogens with two attached hydrogens (primary N) is 1. The lowest BCUT2D eigenvalue weighted by molar-refractivity contribution is 0.184. The Morgan fingerprint density at radius 2 is 2.05 bits per heavy atom. The van der Waals surface area contributed by atoms with Gasteiger partial charge in [0.05, 0.1) is 12.2 Å². The van der Waals surface area contributed by atoms with Gasteiger partial charge in [0.15, 0.2) is 0 Å². The van der Waals surface area contributed by atoms with Crippen molar-refractivity contribution in [3.63, 3.8) is 0 Å². The quantitative estimate of drug-likeness (QED) is 0.826. The molecule has 104 valence electrons. The lowest BCUT2D eigenvalue weighted by atomic mass is 10.2. The summed E-state index contributed by atoms with van der Waals surface area (Å²) in [7, 11) is 1.66. The Morgan fingerprint density at radius 1 is 1.25 bits per heavy atom. The van der Waals surface area contributed by atoms with Gasteiger partial charge in [0, 0.05) is 11.6 Å². The van der Waals surface area contributed by atoms with E-state index < -0.39 is 0 Å². The van der Waals surface area contributed by atoms with Crippen LogP contribution in [0.25, 0.3) is 0 Å². The lowest BCUT2D eigenvalue weighted by Crippen LogP contribution is -2.10. The fourth-order valence-electron chi connectivity index (χ4n) is 1.78. The molecular formula is C15H14BrNO2S. The molecule has 0 aliphatic rings. The van der Waals surface area contributed by atoms with Crippen LogP contribution in [0.15, 0.2) is 46.9 Å². The third-order valence-corrected chi connectivity index (χ3v) is 3.36. The molecule has 2 aromatic rings. The lowest BCUT2D eigenvalue weighted by Gasteiger charge is -2.11. The van der Waals surface area contributed by atoms with E-state index in [4.69, 9.17) is 27.4 Å². The first-order valence-corrected chi connectivity index (χ1v) is 7.15. The van der Waals surface area contributed by atoms with Crippen LogP contribution < -0.4 is 10.5 Å². The van der Waals surface area contributed by atoms with Gasteiger partial charge in [-0.15, -0.1) is 0 Å². The number of halogens is 1. The molecule has 20 heavy (non-hydrogen) atoms. The van der Waals surface area contributed by atoms with Gasteiger partial charge < -0.3 is 15.2 Å². The Hall–Kier alpha value is -1.43. The molecule has 2 N–H and O–H groups in total. The van der Waals surface area contributed by atoms with E-state index in [1.807, 2.05) is 42.5 Å². The second-order valence-corrected chi connectivity index (χ2v) is 5.54. The molecule has 0 saturated heterocycles. The summed E-state index contributed by atoms with van der Waals surface area (Å²) in [5.41, 5.74) is 7.47. The number of hydrogen-bond donors (Lipinski definition) is 1. The molecule has 0 saturated carbocycles. The molecule has 0 heterocycles. The maximum absolute atomic E-state index is 5.87. The van der Waals surface area contributed by atoms with Crippen molar-refractivity contribution in [2.75, 3.05) is 7.11 Å². The normalized spacial score (nSPS) is 10.3. The number of methoxy groups -OCH3 is 1. The van der Waals surface area contributed by atoms with E-state index in [0.29, 0.717) is 22.9 Å². The Kier molecular flexibility index (Phi) is 5.11. The van der Waals surface area contributed by atoms with Crippen LogP contribution in [0.2, 0.25) is 0 Å². The maximum atomic E-state index is 5.87. The first-order chi connectivity index (χ1) is 9.60. The molecule has 0 aromatic heterocycles. The van der Waals surface area contributed by atoms with Gasteiger partial charge in [-0.3, -0.25) is 0 Å². The molecule has 2 rings (SSSR count). The summed E-state index contributed by atoms with van der Waals surface area (Å²) in [6.45, 7) is 0.541. The first-order valence-electron chi connectivity index (χ1n) is 5.95. The highest BCUT2D eigenvalue weighted by molar-refractivity contribution is 9.10. The van der Waals surface area contributed by atoms with E-state index in [2.05, 4.69) is 15.9 Å². The average Bonchev–Trinajstić information content (AvgIpc) is 2.41. The molecule has 0 aliphatic heterocycles. The summed E-state index contributed by atoms with van der Waals surface area (Å²) in [5.74, 6) is 1.36. The SMILES string of the molecule is COCc1cccc(Oc2ccc(Br)cc2C(N)=S)c1. The third-order valence-electron chi connectivity index (χ3n) is 2.64. The van der Waals surface area contributed by atoms with Gasteiger partial charge in [-0.1, -0.05) is 40.3 Å². The number of hydrogen-bond acceptors (Lipinski definition) is 3.